The molecule has 1 aromatic heterocycles. The van der Waals surface area contributed by atoms with Crippen molar-refractivity contribution in [3.8, 4) is 11.5 Å². The van der Waals surface area contributed by atoms with Crippen molar-refractivity contribution < 1.29 is 23.5 Å². The van der Waals surface area contributed by atoms with Crippen LogP contribution in [0.2, 0.25) is 0 Å². The van der Waals surface area contributed by atoms with E-state index in [1.807, 2.05) is 0 Å². The molecule has 3 aromatic rings. The zero-order valence-electron chi connectivity index (χ0n) is 13.2. The van der Waals surface area contributed by atoms with Gasteiger partial charge in [-0.3, -0.25) is 4.79 Å². The molecule has 0 saturated heterocycles. The maximum Gasteiger partial charge on any atom is 0.337 e. The molecular formula is C18H15NO5. The average Bonchev–Trinajstić information content (AvgIpc) is 3.04. The molecule has 0 atom stereocenters. The van der Waals surface area contributed by atoms with Gasteiger partial charge in [0.15, 0.2) is 5.58 Å². The Labute approximate surface area is 138 Å². The van der Waals surface area contributed by atoms with E-state index in [2.05, 4.69) is 14.5 Å². The van der Waals surface area contributed by atoms with E-state index in [0.29, 0.717) is 22.6 Å². The fraction of sp³-hybridized carbons (Fsp3) is 0.167. The number of oxazole rings is 1. The van der Waals surface area contributed by atoms with Crippen molar-refractivity contribution in [2.45, 2.75) is 6.42 Å². The lowest BCUT2D eigenvalue weighted by molar-refractivity contribution is -0.139. The van der Waals surface area contributed by atoms with E-state index in [1.165, 1.54) is 14.2 Å². The second-order valence-electron chi connectivity index (χ2n) is 5.14. The number of ether oxygens (including phenoxy) is 2. The highest BCUT2D eigenvalue weighted by Crippen LogP contribution is 2.25. The number of fused-ring (bicyclic) bond motifs is 1. The summed E-state index contributed by atoms with van der Waals surface area (Å²) in [5.74, 6) is -0.264. The summed E-state index contributed by atoms with van der Waals surface area (Å²) in [5, 5.41) is 0. The molecular weight excluding hydrogens is 310 g/mol. The molecule has 0 unspecified atom stereocenters. The van der Waals surface area contributed by atoms with E-state index in [4.69, 9.17) is 4.42 Å². The molecule has 0 saturated carbocycles. The smallest absolute Gasteiger partial charge is 0.337 e. The fourth-order valence-corrected chi connectivity index (χ4v) is 2.31. The van der Waals surface area contributed by atoms with Gasteiger partial charge in [-0.25, -0.2) is 9.78 Å². The standard InChI is InChI=1S/C18H15NO5/c1-22-16(20)10-11-3-8-15-14(9-11)19-17(24-15)12-4-6-13(7-5-12)18(21)23-2/h3-9H,10H2,1-2H3. The summed E-state index contributed by atoms with van der Waals surface area (Å²) in [6.07, 6.45) is 0.183. The van der Waals surface area contributed by atoms with Crippen LogP contribution in [0.5, 0.6) is 0 Å². The van der Waals surface area contributed by atoms with Crippen LogP contribution in [0.1, 0.15) is 15.9 Å². The molecule has 1 heterocycles. The van der Waals surface area contributed by atoms with Crippen LogP contribution in [0, 0.1) is 0 Å². The largest absolute Gasteiger partial charge is 0.469 e. The SMILES string of the molecule is COC(=O)Cc1ccc2oc(-c3ccc(C(=O)OC)cc3)nc2c1. The summed E-state index contributed by atoms with van der Waals surface area (Å²) in [5.41, 5.74) is 3.28. The highest BCUT2D eigenvalue weighted by molar-refractivity contribution is 5.90. The van der Waals surface area contributed by atoms with Crippen LogP contribution in [-0.4, -0.2) is 31.1 Å². The minimum atomic E-state index is -0.397. The minimum Gasteiger partial charge on any atom is -0.469 e. The monoisotopic (exact) mass is 325 g/mol. The Balaban J connectivity index is 1.90. The van der Waals surface area contributed by atoms with Crippen molar-refractivity contribution in [3.05, 3.63) is 53.6 Å². The topological polar surface area (TPSA) is 78.6 Å². The molecule has 6 nitrogen and oxygen atoms in total. The molecule has 0 aliphatic heterocycles. The van der Waals surface area contributed by atoms with Crippen molar-refractivity contribution in [1.29, 1.82) is 0 Å². The van der Waals surface area contributed by atoms with Crippen LogP contribution < -0.4 is 0 Å². The highest BCUT2D eigenvalue weighted by atomic mass is 16.5. The summed E-state index contributed by atoms with van der Waals surface area (Å²) in [7, 11) is 2.69. The number of aromatic nitrogens is 1. The Bertz CT molecular complexity index is 895. The number of hydrogen-bond donors (Lipinski definition) is 0. The predicted octanol–water partition coefficient (Wildman–Crippen LogP) is 3.00. The van der Waals surface area contributed by atoms with Gasteiger partial charge in [-0.1, -0.05) is 6.07 Å². The van der Waals surface area contributed by atoms with Crippen molar-refractivity contribution >= 4 is 23.0 Å². The molecule has 0 radical (unpaired) electrons. The Morgan fingerprint density at radius 2 is 1.79 bits per heavy atom. The predicted molar refractivity (Wildman–Crippen MR) is 86.5 cm³/mol. The molecule has 122 valence electrons. The number of nitrogens with zero attached hydrogens (tertiary/aromatic N) is 1. The zero-order valence-corrected chi connectivity index (χ0v) is 13.2. The number of benzene rings is 2. The van der Waals surface area contributed by atoms with E-state index < -0.39 is 5.97 Å². The normalized spacial score (nSPS) is 10.6. The number of hydrogen-bond acceptors (Lipinski definition) is 6. The van der Waals surface area contributed by atoms with E-state index in [0.717, 1.165) is 11.1 Å². The zero-order chi connectivity index (χ0) is 17.1. The number of carbonyl (C=O) groups excluding carboxylic acids is 2. The minimum absolute atomic E-state index is 0.183. The van der Waals surface area contributed by atoms with Crippen molar-refractivity contribution in [2.24, 2.45) is 0 Å². The maximum atomic E-state index is 11.5. The van der Waals surface area contributed by atoms with Crippen LogP contribution >= 0.6 is 0 Å². The van der Waals surface area contributed by atoms with Crippen LogP contribution in [0.3, 0.4) is 0 Å². The number of rotatable bonds is 4. The fourth-order valence-electron chi connectivity index (χ4n) is 2.31. The molecule has 6 heteroatoms. The van der Waals surface area contributed by atoms with E-state index in [-0.39, 0.29) is 12.4 Å². The lowest BCUT2D eigenvalue weighted by Gasteiger charge is -1.99. The molecule has 0 amide bonds. The number of carbonyl (C=O) groups is 2. The van der Waals surface area contributed by atoms with Crippen molar-refractivity contribution in [3.63, 3.8) is 0 Å². The molecule has 0 aliphatic rings. The third-order valence-electron chi connectivity index (χ3n) is 3.58. The van der Waals surface area contributed by atoms with Crippen LogP contribution in [0.25, 0.3) is 22.6 Å². The second kappa shape index (κ2) is 6.54. The van der Waals surface area contributed by atoms with Gasteiger partial charge in [0.2, 0.25) is 5.89 Å². The van der Waals surface area contributed by atoms with Gasteiger partial charge in [0.25, 0.3) is 0 Å². The molecule has 3 rings (SSSR count). The summed E-state index contributed by atoms with van der Waals surface area (Å²) < 4.78 is 15.1. The third-order valence-corrected chi connectivity index (χ3v) is 3.58. The van der Waals surface area contributed by atoms with Crippen molar-refractivity contribution in [1.82, 2.24) is 4.98 Å². The summed E-state index contributed by atoms with van der Waals surface area (Å²) in [6.45, 7) is 0. The lowest BCUT2D eigenvalue weighted by atomic mass is 10.1. The first kappa shape index (κ1) is 15.7. The highest BCUT2D eigenvalue weighted by Gasteiger charge is 2.12. The number of esters is 2. The van der Waals surface area contributed by atoms with Crippen LogP contribution in [0.4, 0.5) is 0 Å². The maximum absolute atomic E-state index is 11.5. The Morgan fingerprint density at radius 3 is 2.46 bits per heavy atom. The van der Waals surface area contributed by atoms with E-state index >= 15 is 0 Å². The van der Waals surface area contributed by atoms with Gasteiger partial charge in [-0.05, 0) is 42.0 Å². The molecule has 0 spiro atoms. The van der Waals surface area contributed by atoms with Gasteiger partial charge in [0.05, 0.1) is 26.2 Å². The first-order valence-corrected chi connectivity index (χ1v) is 7.25. The van der Waals surface area contributed by atoms with Crippen LogP contribution in [-0.2, 0) is 20.7 Å². The first-order valence-electron chi connectivity index (χ1n) is 7.25. The third kappa shape index (κ3) is 3.12. The summed E-state index contributed by atoms with van der Waals surface area (Å²) in [4.78, 5) is 27.2. The van der Waals surface area contributed by atoms with E-state index in [9.17, 15) is 9.59 Å². The van der Waals surface area contributed by atoms with Crippen LogP contribution in [0.15, 0.2) is 46.9 Å². The molecule has 0 fully saturated rings. The Hall–Kier alpha value is -3.15. The quantitative estimate of drug-likeness (QED) is 0.686. The molecule has 0 N–H and O–H groups in total. The average molecular weight is 325 g/mol. The number of methoxy groups -OCH3 is 2. The van der Waals surface area contributed by atoms with Gasteiger partial charge >= 0.3 is 11.9 Å². The molecule has 24 heavy (non-hydrogen) atoms. The van der Waals surface area contributed by atoms with Gasteiger partial charge < -0.3 is 13.9 Å². The van der Waals surface area contributed by atoms with Gasteiger partial charge in [0, 0.05) is 5.56 Å². The van der Waals surface area contributed by atoms with Gasteiger partial charge in [-0.15, -0.1) is 0 Å². The molecule has 0 bridgehead atoms. The Kier molecular flexibility index (Phi) is 4.29. The summed E-state index contributed by atoms with van der Waals surface area (Å²) >= 11 is 0. The van der Waals surface area contributed by atoms with Gasteiger partial charge in [0.1, 0.15) is 5.52 Å². The van der Waals surface area contributed by atoms with E-state index in [1.54, 1.807) is 42.5 Å². The Morgan fingerprint density at radius 1 is 1.04 bits per heavy atom. The second-order valence-corrected chi connectivity index (χ2v) is 5.14. The molecule has 0 aliphatic carbocycles. The summed E-state index contributed by atoms with van der Waals surface area (Å²) in [6, 6.07) is 12.2. The molecule has 2 aromatic carbocycles. The van der Waals surface area contributed by atoms with Crippen molar-refractivity contribution in [2.75, 3.05) is 14.2 Å². The lowest BCUT2D eigenvalue weighted by Crippen LogP contribution is -2.04. The van der Waals surface area contributed by atoms with Gasteiger partial charge in [-0.2, -0.15) is 0 Å². The first-order chi connectivity index (χ1) is 11.6.